The van der Waals surface area contributed by atoms with E-state index in [1.165, 1.54) is 10.9 Å². The van der Waals surface area contributed by atoms with Gasteiger partial charge in [0.1, 0.15) is 5.70 Å². The van der Waals surface area contributed by atoms with Gasteiger partial charge < -0.3 is 5.32 Å². The lowest BCUT2D eigenvalue weighted by Crippen LogP contribution is -2.33. The summed E-state index contributed by atoms with van der Waals surface area (Å²) in [5, 5.41) is 9.60. The monoisotopic (exact) mass is 465 g/mol. The summed E-state index contributed by atoms with van der Waals surface area (Å²) in [5.74, 6) is -1.06. The van der Waals surface area contributed by atoms with Crippen molar-refractivity contribution in [2.75, 3.05) is 0 Å². The number of nitrogens with one attached hydrogen (secondary N) is 3. The van der Waals surface area contributed by atoms with Crippen LogP contribution >= 0.6 is 0 Å². The lowest BCUT2D eigenvalue weighted by molar-refractivity contribution is -0.117. The number of aromatic nitrogens is 2. The third-order valence-electron chi connectivity index (χ3n) is 5.13. The molecule has 4 aromatic rings. The van der Waals surface area contributed by atoms with Crippen LogP contribution in [0.1, 0.15) is 27.2 Å². The van der Waals surface area contributed by atoms with E-state index < -0.39 is 11.8 Å². The highest BCUT2D eigenvalue weighted by Crippen LogP contribution is 2.08. The quantitative estimate of drug-likeness (QED) is 0.221. The number of H-pyrrole nitrogens is 1. The van der Waals surface area contributed by atoms with E-state index in [1.807, 2.05) is 36.4 Å². The van der Waals surface area contributed by atoms with Crippen molar-refractivity contribution >= 4 is 24.1 Å². The Kier molecular flexibility index (Phi) is 7.13. The summed E-state index contributed by atoms with van der Waals surface area (Å²) >= 11 is 0. The zero-order valence-electron chi connectivity index (χ0n) is 18.9. The van der Waals surface area contributed by atoms with Crippen molar-refractivity contribution in [3.8, 4) is 5.69 Å². The van der Waals surface area contributed by atoms with Crippen LogP contribution in [0.15, 0.2) is 107 Å². The van der Waals surface area contributed by atoms with E-state index in [0.717, 1.165) is 5.56 Å². The van der Waals surface area contributed by atoms with Crippen LogP contribution in [0.3, 0.4) is 0 Å². The van der Waals surface area contributed by atoms with Crippen LogP contribution in [0.25, 0.3) is 11.8 Å². The largest absolute Gasteiger partial charge is 0.317 e. The summed E-state index contributed by atoms with van der Waals surface area (Å²) in [6, 6.07) is 26.8. The van der Waals surface area contributed by atoms with Gasteiger partial charge >= 0.3 is 0 Å². The van der Waals surface area contributed by atoms with Crippen LogP contribution in [0.4, 0.5) is 0 Å². The van der Waals surface area contributed by atoms with E-state index in [1.54, 1.807) is 67.6 Å². The molecule has 0 saturated carbocycles. The number of nitrogens with zero attached hydrogens (tertiary/aromatic N) is 2. The lowest BCUT2D eigenvalue weighted by atomic mass is 10.1. The first kappa shape index (κ1) is 23.2. The minimum atomic E-state index is -0.633. The molecular weight excluding hydrogens is 442 g/mol. The standard InChI is InChI=1S/C27H23N5O3/c1-19-23(27(35)32(31-19)22-15-9-4-10-16-22)18-28-30-26(34)24(17-20-11-5-2-6-12-20)29-25(33)21-13-7-3-8-14-21/h2-18,31H,1H3,(H,29,33)(H,30,34)/b24-17-,28-18?. The maximum absolute atomic E-state index is 12.9. The number of benzene rings is 3. The first-order chi connectivity index (χ1) is 17.0. The number of amides is 2. The second kappa shape index (κ2) is 10.8. The fourth-order valence-electron chi connectivity index (χ4n) is 3.34. The average molecular weight is 466 g/mol. The molecule has 3 aromatic carbocycles. The summed E-state index contributed by atoms with van der Waals surface area (Å²) < 4.78 is 1.40. The van der Waals surface area contributed by atoms with Gasteiger partial charge in [0.15, 0.2) is 0 Å². The molecule has 0 aliphatic carbocycles. The molecule has 4 rings (SSSR count). The Morgan fingerprint density at radius 1 is 0.886 bits per heavy atom. The Balaban J connectivity index is 1.54. The number of carbonyl (C=O) groups excluding carboxylic acids is 2. The molecule has 1 heterocycles. The van der Waals surface area contributed by atoms with Gasteiger partial charge in [0.05, 0.1) is 17.5 Å². The van der Waals surface area contributed by atoms with Gasteiger partial charge in [0, 0.05) is 11.3 Å². The number of aryl methyl sites for hydroxylation is 1. The molecule has 174 valence electrons. The van der Waals surface area contributed by atoms with E-state index in [0.29, 0.717) is 22.5 Å². The highest BCUT2D eigenvalue weighted by atomic mass is 16.2. The first-order valence-electron chi connectivity index (χ1n) is 10.9. The maximum Gasteiger partial charge on any atom is 0.287 e. The molecule has 0 unspecified atom stereocenters. The summed E-state index contributed by atoms with van der Waals surface area (Å²) in [6.45, 7) is 1.74. The zero-order valence-corrected chi connectivity index (χ0v) is 18.9. The molecule has 0 spiro atoms. The van der Waals surface area contributed by atoms with Gasteiger partial charge in [0.2, 0.25) is 0 Å². The molecular formula is C27H23N5O3. The normalized spacial score (nSPS) is 11.4. The van der Waals surface area contributed by atoms with Crippen LogP contribution in [0.2, 0.25) is 0 Å². The fourth-order valence-corrected chi connectivity index (χ4v) is 3.34. The summed E-state index contributed by atoms with van der Waals surface area (Å²) in [6.07, 6.45) is 2.83. The van der Waals surface area contributed by atoms with Crippen LogP contribution in [-0.4, -0.2) is 27.8 Å². The maximum atomic E-state index is 12.9. The van der Waals surface area contributed by atoms with E-state index in [9.17, 15) is 14.4 Å². The lowest BCUT2D eigenvalue weighted by Gasteiger charge is -2.09. The highest BCUT2D eigenvalue weighted by molar-refractivity contribution is 6.05. The number of carbonyl (C=O) groups is 2. The van der Waals surface area contributed by atoms with Gasteiger partial charge in [-0.2, -0.15) is 5.10 Å². The van der Waals surface area contributed by atoms with Crippen molar-refractivity contribution in [3.05, 3.63) is 129 Å². The van der Waals surface area contributed by atoms with Crippen molar-refractivity contribution in [1.29, 1.82) is 0 Å². The van der Waals surface area contributed by atoms with Gasteiger partial charge in [-0.15, -0.1) is 0 Å². The molecule has 3 N–H and O–H groups in total. The van der Waals surface area contributed by atoms with Crippen molar-refractivity contribution in [1.82, 2.24) is 20.5 Å². The molecule has 1 aromatic heterocycles. The zero-order chi connectivity index (χ0) is 24.6. The van der Waals surface area contributed by atoms with Gasteiger partial charge in [-0.05, 0) is 42.8 Å². The predicted octanol–water partition coefficient (Wildman–Crippen LogP) is 3.40. The van der Waals surface area contributed by atoms with Crippen molar-refractivity contribution in [2.24, 2.45) is 5.10 Å². The molecule has 0 bridgehead atoms. The molecule has 0 aliphatic heterocycles. The number of aromatic amines is 1. The smallest absolute Gasteiger partial charge is 0.287 e. The third kappa shape index (κ3) is 5.69. The summed E-state index contributed by atoms with van der Waals surface area (Å²) in [7, 11) is 0. The van der Waals surface area contributed by atoms with Gasteiger partial charge in [0.25, 0.3) is 17.4 Å². The van der Waals surface area contributed by atoms with E-state index in [-0.39, 0.29) is 11.3 Å². The molecule has 0 aliphatic rings. The molecule has 0 radical (unpaired) electrons. The number of para-hydroxylation sites is 1. The Bertz CT molecular complexity index is 1440. The molecule has 0 saturated heterocycles. The Morgan fingerprint density at radius 3 is 2.14 bits per heavy atom. The van der Waals surface area contributed by atoms with Crippen LogP contribution < -0.4 is 16.3 Å². The molecule has 8 heteroatoms. The fraction of sp³-hybridized carbons (Fsp3) is 0.0370. The topological polar surface area (TPSA) is 108 Å². The van der Waals surface area contributed by atoms with Crippen LogP contribution in [-0.2, 0) is 4.79 Å². The Labute approximate surface area is 201 Å². The molecule has 8 nitrogen and oxygen atoms in total. The third-order valence-corrected chi connectivity index (χ3v) is 5.13. The number of hydrogen-bond acceptors (Lipinski definition) is 4. The minimum Gasteiger partial charge on any atom is -0.317 e. The van der Waals surface area contributed by atoms with Gasteiger partial charge in [-0.3, -0.25) is 19.5 Å². The molecule has 0 atom stereocenters. The van der Waals surface area contributed by atoms with Crippen LogP contribution in [0, 0.1) is 6.92 Å². The molecule has 0 fully saturated rings. The Hall–Kier alpha value is -4.98. The summed E-state index contributed by atoms with van der Waals surface area (Å²) in [4.78, 5) is 38.4. The Morgan fingerprint density at radius 2 is 1.49 bits per heavy atom. The van der Waals surface area contributed by atoms with Crippen molar-refractivity contribution in [2.45, 2.75) is 6.92 Å². The number of hydrogen-bond donors (Lipinski definition) is 3. The predicted molar refractivity (Wildman–Crippen MR) is 135 cm³/mol. The number of rotatable bonds is 7. The first-order valence-corrected chi connectivity index (χ1v) is 10.9. The van der Waals surface area contributed by atoms with Gasteiger partial charge in [-0.1, -0.05) is 66.7 Å². The second-order valence-electron chi connectivity index (χ2n) is 7.61. The van der Waals surface area contributed by atoms with E-state index in [4.69, 9.17) is 0 Å². The second-order valence-corrected chi connectivity index (χ2v) is 7.61. The highest BCUT2D eigenvalue weighted by Gasteiger charge is 2.15. The van der Waals surface area contributed by atoms with Crippen LogP contribution in [0.5, 0.6) is 0 Å². The SMILES string of the molecule is Cc1[nH]n(-c2ccccc2)c(=O)c1C=NNC(=O)/C(=C/c1ccccc1)NC(=O)c1ccccc1. The number of hydrazone groups is 1. The van der Waals surface area contributed by atoms with Crippen molar-refractivity contribution in [3.63, 3.8) is 0 Å². The van der Waals surface area contributed by atoms with E-state index >= 15 is 0 Å². The van der Waals surface area contributed by atoms with Gasteiger partial charge in [-0.25, -0.2) is 10.1 Å². The summed E-state index contributed by atoms with van der Waals surface area (Å²) in [5.41, 5.74) is 4.81. The average Bonchev–Trinajstić information content (AvgIpc) is 3.18. The minimum absolute atomic E-state index is 0.00897. The van der Waals surface area contributed by atoms with Crippen molar-refractivity contribution < 1.29 is 9.59 Å². The molecule has 35 heavy (non-hydrogen) atoms. The van der Waals surface area contributed by atoms with E-state index in [2.05, 4.69) is 20.9 Å². The molecule has 2 amide bonds.